The summed E-state index contributed by atoms with van der Waals surface area (Å²) >= 11 is 0. The van der Waals surface area contributed by atoms with Gasteiger partial charge in [0.2, 0.25) is 0 Å². The highest BCUT2D eigenvalue weighted by atomic mass is 32.2. The Labute approximate surface area is 279 Å². The first kappa shape index (κ1) is 41.8. The van der Waals surface area contributed by atoms with Gasteiger partial charge >= 0.3 is 6.09 Å². The number of carbonyl (C=O) groups excluding carboxylic acids is 1. The van der Waals surface area contributed by atoms with Crippen LogP contribution in [0.3, 0.4) is 0 Å². The molecule has 0 bridgehead atoms. The molecule has 2 spiro atoms. The third-order valence-electron chi connectivity index (χ3n) is 9.43. The zero-order valence-electron chi connectivity index (χ0n) is 28.8. The third-order valence-corrected chi connectivity index (χ3v) is 12.7. The predicted molar refractivity (Wildman–Crippen MR) is 188 cm³/mol. The summed E-state index contributed by atoms with van der Waals surface area (Å²) < 4.78 is 36.6. The smallest absolute Gasteiger partial charge is 0.410 e. The van der Waals surface area contributed by atoms with Gasteiger partial charge in [0.25, 0.3) is 0 Å². The van der Waals surface area contributed by atoms with Crippen molar-refractivity contribution in [2.45, 2.75) is 161 Å². The number of nitrogens with zero attached hydrogens (tertiary/aromatic N) is 3. The number of hydrogen-bond donors (Lipinski definition) is 4. The number of carbonyl (C=O) groups is 1. The molecule has 4 rings (SSSR count). The normalized spacial score (nSPS) is 25.5. The van der Waals surface area contributed by atoms with Crippen molar-refractivity contribution < 1.29 is 17.9 Å². The zero-order chi connectivity index (χ0) is 33.4. The molecule has 2 aliphatic heterocycles. The maximum Gasteiger partial charge on any atom is 0.410 e. The summed E-state index contributed by atoms with van der Waals surface area (Å²) in [6.45, 7) is 21.5. The number of hydrogen-bond acceptors (Lipinski definition) is 6. The average Bonchev–Trinajstić information content (AvgIpc) is 3.47. The van der Waals surface area contributed by atoms with E-state index in [1.807, 2.05) is 67.2 Å². The van der Waals surface area contributed by atoms with Crippen LogP contribution in [-0.4, -0.2) is 72.8 Å². The minimum Gasteiger partial charge on any atom is -0.444 e. The lowest BCUT2D eigenvalue weighted by Gasteiger charge is -2.43. The highest BCUT2D eigenvalue weighted by molar-refractivity contribution is 7.84. The second kappa shape index (κ2) is 17.2. The van der Waals surface area contributed by atoms with E-state index >= 15 is 0 Å². The Morgan fingerprint density at radius 3 is 1.56 bits per heavy atom. The standard InChI is InChI=1S/C18H34N2O3S.C13H26N2OS.CH4.HN3/c1-16(2,3)23-15(21)20-12-10-18(11-13-20)9-7-8-14(18)19-24(22)17(4,5)6;1-12(2,3)17(16)15-11-5-4-6-13(11)7-9-14-10-8-13;;1-3-2/h14,19H,7-13H2,1-6H3;11,14-15H,4-10H2,1-3H3;1H4;1H/t14-,24-;11-,17-;;/m11../s1. The van der Waals surface area contributed by atoms with Gasteiger partial charge in [0.1, 0.15) is 5.60 Å². The van der Waals surface area contributed by atoms with Crippen LogP contribution in [0, 0.1) is 16.4 Å². The minimum atomic E-state index is -1.04. The quantitative estimate of drug-likeness (QED) is 0.142. The average molecular weight is 676 g/mol. The zero-order valence-corrected chi connectivity index (χ0v) is 30.5. The fourth-order valence-corrected chi connectivity index (χ4v) is 8.80. The van der Waals surface area contributed by atoms with E-state index in [1.54, 1.807) is 4.91 Å². The topological polar surface area (TPSA) is 160 Å². The van der Waals surface area contributed by atoms with Gasteiger partial charge in [-0.2, -0.15) is 0 Å². The van der Waals surface area contributed by atoms with Crippen molar-refractivity contribution in [3.8, 4) is 0 Å². The summed E-state index contributed by atoms with van der Waals surface area (Å²) in [4.78, 5) is 15.8. The number of piperidine rings is 2. The van der Waals surface area contributed by atoms with Gasteiger partial charge in [-0.3, -0.25) is 0 Å². The third kappa shape index (κ3) is 12.4. The van der Waals surface area contributed by atoms with Crippen LogP contribution in [0.2, 0.25) is 0 Å². The molecular formula is C32H65N7O4S2. The van der Waals surface area contributed by atoms with Crippen molar-refractivity contribution in [1.82, 2.24) is 19.7 Å². The second-order valence-electron chi connectivity index (χ2n) is 15.9. The van der Waals surface area contributed by atoms with Crippen LogP contribution in [0.25, 0.3) is 10.4 Å². The molecule has 2 heterocycles. The fourth-order valence-electron chi connectivity index (χ4n) is 6.84. The number of likely N-dealkylation sites (tertiary alicyclic amines) is 1. The van der Waals surface area contributed by atoms with Crippen molar-refractivity contribution in [1.29, 1.82) is 5.53 Å². The maximum absolute atomic E-state index is 12.5. The van der Waals surface area contributed by atoms with Gasteiger partial charge in [0.15, 0.2) is 0 Å². The highest BCUT2D eigenvalue weighted by Gasteiger charge is 2.47. The van der Waals surface area contributed by atoms with Crippen molar-refractivity contribution in [3.63, 3.8) is 0 Å². The predicted octanol–water partition coefficient (Wildman–Crippen LogP) is 7.08. The first-order chi connectivity index (χ1) is 20.3. The largest absolute Gasteiger partial charge is 0.444 e. The summed E-state index contributed by atoms with van der Waals surface area (Å²) in [5.41, 5.74) is 12.4. The van der Waals surface area contributed by atoms with E-state index in [4.69, 9.17) is 15.8 Å². The minimum absolute atomic E-state index is 0. The van der Waals surface area contributed by atoms with Crippen LogP contribution in [0.1, 0.15) is 134 Å². The van der Waals surface area contributed by atoms with Crippen molar-refractivity contribution >= 4 is 28.1 Å². The summed E-state index contributed by atoms with van der Waals surface area (Å²) in [7, 11) is -1.97. The Bertz CT molecular complexity index is 1020. The van der Waals surface area contributed by atoms with E-state index in [-0.39, 0.29) is 28.4 Å². The van der Waals surface area contributed by atoms with Gasteiger partial charge in [0.05, 0.1) is 31.5 Å². The Hall–Kier alpha value is -1.24. The molecule has 45 heavy (non-hydrogen) atoms. The number of rotatable bonds is 4. The lowest BCUT2D eigenvalue weighted by atomic mass is 9.74. The number of amides is 1. The van der Waals surface area contributed by atoms with Gasteiger partial charge in [-0.05, 0) is 148 Å². The molecule has 0 unspecified atom stereocenters. The van der Waals surface area contributed by atoms with Gasteiger partial charge < -0.3 is 15.0 Å². The summed E-state index contributed by atoms with van der Waals surface area (Å²) in [6, 6.07) is 0.753. The Balaban J connectivity index is 0.000000423. The molecule has 2 saturated carbocycles. The molecule has 4 N–H and O–H groups in total. The van der Waals surface area contributed by atoms with Crippen LogP contribution in [0.4, 0.5) is 4.79 Å². The Kier molecular flexibility index (Phi) is 16.0. The van der Waals surface area contributed by atoms with E-state index in [0.29, 0.717) is 17.5 Å². The molecule has 13 heteroatoms. The number of nitrogens with one attached hydrogen (secondary N) is 4. The molecule has 1 amide bonds. The molecule has 4 atom stereocenters. The lowest BCUT2D eigenvalue weighted by molar-refractivity contribution is 0.00824. The van der Waals surface area contributed by atoms with E-state index in [2.05, 4.69) is 14.8 Å². The molecule has 0 aromatic heterocycles. The van der Waals surface area contributed by atoms with E-state index in [9.17, 15) is 13.2 Å². The molecule has 4 fully saturated rings. The summed E-state index contributed by atoms with van der Waals surface area (Å²) in [5, 5.41) is 3.44. The molecule has 11 nitrogen and oxygen atoms in total. The van der Waals surface area contributed by atoms with E-state index < -0.39 is 27.6 Å². The van der Waals surface area contributed by atoms with Crippen molar-refractivity contribution in [3.05, 3.63) is 10.4 Å². The summed E-state index contributed by atoms with van der Waals surface area (Å²) in [6.07, 6.45) is 11.4. The molecule has 0 radical (unpaired) electrons. The molecular weight excluding hydrogens is 611 g/mol. The van der Waals surface area contributed by atoms with Gasteiger partial charge in [-0.1, -0.05) is 20.3 Å². The maximum atomic E-state index is 12.5. The van der Waals surface area contributed by atoms with Gasteiger partial charge in [-0.15, -0.1) is 5.53 Å². The van der Waals surface area contributed by atoms with Gasteiger partial charge in [0, 0.05) is 25.2 Å². The van der Waals surface area contributed by atoms with Gasteiger partial charge in [-0.25, -0.2) is 22.7 Å². The summed E-state index contributed by atoms with van der Waals surface area (Å²) in [5.74, 6) is 0. The highest BCUT2D eigenvalue weighted by Crippen LogP contribution is 2.47. The van der Waals surface area contributed by atoms with E-state index in [0.717, 1.165) is 51.9 Å². The van der Waals surface area contributed by atoms with Crippen LogP contribution >= 0.6 is 0 Å². The first-order valence-electron chi connectivity index (χ1n) is 16.3. The second-order valence-corrected chi connectivity index (χ2v) is 19.9. The molecule has 264 valence electrons. The molecule has 0 aromatic carbocycles. The van der Waals surface area contributed by atoms with Crippen LogP contribution < -0.4 is 14.8 Å². The monoisotopic (exact) mass is 675 g/mol. The van der Waals surface area contributed by atoms with Crippen LogP contribution in [0.5, 0.6) is 0 Å². The Morgan fingerprint density at radius 2 is 1.20 bits per heavy atom. The van der Waals surface area contributed by atoms with Crippen molar-refractivity contribution in [2.75, 3.05) is 26.2 Å². The Morgan fingerprint density at radius 1 is 0.822 bits per heavy atom. The first-order valence-corrected chi connectivity index (χ1v) is 18.6. The molecule has 2 saturated heterocycles. The fraction of sp³-hybridized carbons (Fsp3) is 0.969. The molecule has 2 aliphatic carbocycles. The molecule has 0 aromatic rings. The molecule has 4 aliphatic rings. The van der Waals surface area contributed by atoms with E-state index in [1.165, 1.54) is 38.5 Å². The SMILES string of the molecule is C.CC(C)(C)OC(=O)N1CCC2(CCC[C@H]2N[S@](=O)C(C)(C)C)CC1.CC(C)(C)[S@@](=O)N[C@@H]1CCCC12CCNCC2.[N-]=[N+]=N. The van der Waals surface area contributed by atoms with Crippen molar-refractivity contribution in [2.24, 2.45) is 10.8 Å². The number of ether oxygens (including phenoxy) is 1. The van der Waals surface area contributed by atoms with Crippen LogP contribution in [-0.2, 0) is 26.7 Å². The lowest BCUT2D eigenvalue weighted by Crippen LogP contribution is -2.52. The van der Waals surface area contributed by atoms with Crippen LogP contribution in [0.15, 0.2) is 0 Å².